The maximum Gasteiger partial charge on any atom is 0.336 e. The number of rotatable bonds is 11. The molecule has 0 saturated heterocycles. The zero-order valence-corrected chi connectivity index (χ0v) is 22.9. The molecule has 39 heavy (non-hydrogen) atoms. The van der Waals surface area contributed by atoms with Crippen molar-refractivity contribution in [2.75, 3.05) is 31.8 Å². The number of carbonyl (C=O) groups excluding carboxylic acids is 3. The van der Waals surface area contributed by atoms with Crippen LogP contribution in [0.2, 0.25) is 5.02 Å². The van der Waals surface area contributed by atoms with Gasteiger partial charge in [0.1, 0.15) is 11.5 Å². The molecule has 2 aromatic carbocycles. The molecule has 0 atom stereocenters. The summed E-state index contributed by atoms with van der Waals surface area (Å²) in [5.41, 5.74) is 1.38. The van der Waals surface area contributed by atoms with E-state index in [1.807, 2.05) is 0 Å². The van der Waals surface area contributed by atoms with Gasteiger partial charge in [-0.1, -0.05) is 23.7 Å². The molecule has 2 aromatic rings. The van der Waals surface area contributed by atoms with Gasteiger partial charge in [0.2, 0.25) is 0 Å². The van der Waals surface area contributed by atoms with Crippen LogP contribution >= 0.6 is 11.6 Å². The number of halogens is 1. The van der Waals surface area contributed by atoms with E-state index in [0.717, 1.165) is 6.08 Å². The summed E-state index contributed by atoms with van der Waals surface area (Å²) in [7, 11) is 1.49. The summed E-state index contributed by atoms with van der Waals surface area (Å²) in [6.45, 7) is 5.51. The summed E-state index contributed by atoms with van der Waals surface area (Å²) in [6, 6.07) is 11.9. The fourth-order valence-corrected chi connectivity index (χ4v) is 4.06. The summed E-state index contributed by atoms with van der Waals surface area (Å²) < 4.78 is 26.8. The van der Waals surface area contributed by atoms with Gasteiger partial charge in [-0.25, -0.2) is 14.4 Å². The van der Waals surface area contributed by atoms with Crippen LogP contribution in [0.25, 0.3) is 0 Å². The standard InChI is InChI=1S/C29H30ClNO8/c1-5-36-26(32)13-14-39-25-16-21(35-4)11-12-22(25)27-23(28(33)37-6-2)17-31(18-24(27)29(34)38-7-3)20-10-8-9-19(30)15-20/h8-18,27H,5-7H2,1-4H3/b14-13+. The highest BCUT2D eigenvalue weighted by atomic mass is 35.5. The topological polar surface area (TPSA) is 101 Å². The number of carbonyl (C=O) groups is 3. The number of benzene rings is 2. The van der Waals surface area contributed by atoms with E-state index in [-0.39, 0.29) is 36.7 Å². The summed E-state index contributed by atoms with van der Waals surface area (Å²) >= 11 is 6.21. The largest absolute Gasteiger partial charge is 0.497 e. The quantitative estimate of drug-likeness (QED) is 0.158. The summed E-state index contributed by atoms with van der Waals surface area (Å²) in [4.78, 5) is 40.0. The Kier molecular flexibility index (Phi) is 10.6. The predicted molar refractivity (Wildman–Crippen MR) is 145 cm³/mol. The van der Waals surface area contributed by atoms with Gasteiger partial charge in [0.25, 0.3) is 0 Å². The van der Waals surface area contributed by atoms with Gasteiger partial charge in [-0.15, -0.1) is 0 Å². The minimum absolute atomic E-state index is 0.118. The third kappa shape index (κ3) is 7.42. The second-order valence-corrected chi connectivity index (χ2v) is 8.44. The fraction of sp³-hybridized carbons (Fsp3) is 0.276. The molecule has 0 aromatic heterocycles. The van der Waals surface area contributed by atoms with Crippen molar-refractivity contribution < 1.29 is 38.1 Å². The molecule has 3 rings (SSSR count). The predicted octanol–water partition coefficient (Wildman–Crippen LogP) is 5.30. The molecular weight excluding hydrogens is 526 g/mol. The minimum atomic E-state index is -0.935. The number of hydrogen-bond donors (Lipinski definition) is 0. The molecule has 0 aliphatic carbocycles. The van der Waals surface area contributed by atoms with Crippen molar-refractivity contribution >= 4 is 35.2 Å². The van der Waals surface area contributed by atoms with Crippen molar-refractivity contribution in [3.05, 3.63) is 88.9 Å². The summed E-state index contributed by atoms with van der Waals surface area (Å²) in [6.07, 6.45) is 5.45. The van der Waals surface area contributed by atoms with Gasteiger partial charge < -0.3 is 28.6 Å². The van der Waals surface area contributed by atoms with Crippen molar-refractivity contribution in [2.24, 2.45) is 0 Å². The second kappa shape index (κ2) is 14.1. The van der Waals surface area contributed by atoms with Crippen LogP contribution in [0.3, 0.4) is 0 Å². The molecule has 1 aliphatic heterocycles. The van der Waals surface area contributed by atoms with Gasteiger partial charge in [-0.3, -0.25) is 0 Å². The Bertz CT molecular complexity index is 1260. The van der Waals surface area contributed by atoms with Crippen LogP contribution in [0.1, 0.15) is 32.3 Å². The average Bonchev–Trinajstić information content (AvgIpc) is 2.92. The smallest absolute Gasteiger partial charge is 0.336 e. The molecule has 0 saturated carbocycles. The molecule has 9 nitrogen and oxygen atoms in total. The first-order valence-corrected chi connectivity index (χ1v) is 12.7. The van der Waals surface area contributed by atoms with E-state index in [9.17, 15) is 14.4 Å². The molecule has 10 heteroatoms. The summed E-state index contributed by atoms with van der Waals surface area (Å²) in [5, 5.41) is 0.478. The van der Waals surface area contributed by atoms with Crippen molar-refractivity contribution in [3.63, 3.8) is 0 Å². The zero-order chi connectivity index (χ0) is 28.4. The van der Waals surface area contributed by atoms with E-state index in [0.29, 0.717) is 22.0 Å². The van der Waals surface area contributed by atoms with Gasteiger partial charge in [0.05, 0.1) is 56.3 Å². The number of hydrogen-bond acceptors (Lipinski definition) is 9. The maximum absolute atomic E-state index is 13.3. The molecule has 0 N–H and O–H groups in total. The van der Waals surface area contributed by atoms with Gasteiger partial charge >= 0.3 is 17.9 Å². The third-order valence-corrected chi connectivity index (χ3v) is 5.76. The normalized spacial score (nSPS) is 13.4. The minimum Gasteiger partial charge on any atom is -0.497 e. The highest BCUT2D eigenvalue weighted by Gasteiger charge is 2.37. The zero-order valence-electron chi connectivity index (χ0n) is 22.1. The van der Waals surface area contributed by atoms with Crippen LogP contribution in [-0.4, -0.2) is 44.8 Å². The van der Waals surface area contributed by atoms with Crippen molar-refractivity contribution in [2.45, 2.75) is 26.7 Å². The molecule has 1 aliphatic rings. The van der Waals surface area contributed by atoms with E-state index in [1.165, 1.54) is 13.4 Å². The van der Waals surface area contributed by atoms with E-state index in [1.54, 1.807) is 80.5 Å². The van der Waals surface area contributed by atoms with Crippen molar-refractivity contribution in [1.29, 1.82) is 0 Å². The Labute approximate surface area is 232 Å². The van der Waals surface area contributed by atoms with Crippen molar-refractivity contribution in [3.8, 4) is 11.5 Å². The first-order chi connectivity index (χ1) is 18.8. The second-order valence-electron chi connectivity index (χ2n) is 8.01. The molecule has 1 heterocycles. The van der Waals surface area contributed by atoms with Gasteiger partial charge in [-0.05, 0) is 45.0 Å². The van der Waals surface area contributed by atoms with Crippen LogP contribution in [0.5, 0.6) is 11.5 Å². The first kappa shape index (κ1) is 29.3. The molecule has 0 radical (unpaired) electrons. The Balaban J connectivity index is 2.20. The van der Waals surface area contributed by atoms with E-state index in [2.05, 4.69) is 0 Å². The number of ether oxygens (including phenoxy) is 5. The van der Waals surface area contributed by atoms with E-state index in [4.69, 9.17) is 35.3 Å². The average molecular weight is 556 g/mol. The van der Waals surface area contributed by atoms with Crippen LogP contribution in [0.4, 0.5) is 5.69 Å². The highest BCUT2D eigenvalue weighted by molar-refractivity contribution is 6.30. The lowest BCUT2D eigenvalue weighted by molar-refractivity contribution is -0.140. The molecular formula is C29H30ClNO8. The Hall–Kier alpha value is -4.24. The van der Waals surface area contributed by atoms with Crippen molar-refractivity contribution in [1.82, 2.24) is 0 Å². The number of esters is 3. The lowest BCUT2D eigenvalue weighted by atomic mass is 9.82. The lowest BCUT2D eigenvalue weighted by Gasteiger charge is -2.31. The maximum atomic E-state index is 13.3. The van der Waals surface area contributed by atoms with Crippen LogP contribution in [-0.2, 0) is 28.6 Å². The van der Waals surface area contributed by atoms with Crippen LogP contribution < -0.4 is 14.4 Å². The fourth-order valence-electron chi connectivity index (χ4n) is 3.88. The highest BCUT2D eigenvalue weighted by Crippen LogP contribution is 2.43. The monoisotopic (exact) mass is 555 g/mol. The molecule has 0 fully saturated rings. The molecule has 0 amide bonds. The van der Waals surface area contributed by atoms with Crippen LogP contribution in [0, 0.1) is 0 Å². The molecule has 206 valence electrons. The van der Waals surface area contributed by atoms with Crippen LogP contribution in [0.15, 0.2) is 78.3 Å². The lowest BCUT2D eigenvalue weighted by Crippen LogP contribution is -2.29. The first-order valence-electron chi connectivity index (χ1n) is 12.3. The Morgan fingerprint density at radius 3 is 2.10 bits per heavy atom. The molecule has 0 bridgehead atoms. The molecule has 0 unspecified atom stereocenters. The van der Waals surface area contributed by atoms with E-state index >= 15 is 0 Å². The Morgan fingerprint density at radius 2 is 1.54 bits per heavy atom. The SMILES string of the molecule is CCOC(=O)/C=C/Oc1cc(OC)ccc1C1C(C(=O)OCC)=CN(c2cccc(Cl)c2)C=C1C(=O)OCC. The molecule has 0 spiro atoms. The Morgan fingerprint density at radius 1 is 0.897 bits per heavy atom. The number of anilines is 1. The van der Waals surface area contributed by atoms with Gasteiger partial charge in [-0.2, -0.15) is 0 Å². The number of nitrogens with zero attached hydrogens (tertiary/aromatic N) is 1. The van der Waals surface area contributed by atoms with E-state index < -0.39 is 23.8 Å². The summed E-state index contributed by atoms with van der Waals surface area (Å²) in [5.74, 6) is -2.09. The van der Waals surface area contributed by atoms with Gasteiger partial charge in [0.15, 0.2) is 0 Å². The number of methoxy groups -OCH3 is 1. The third-order valence-electron chi connectivity index (χ3n) is 5.52. The van der Waals surface area contributed by atoms with Gasteiger partial charge in [0, 0.05) is 34.7 Å².